The highest BCUT2D eigenvalue weighted by atomic mass is 19.1. The third-order valence-electron chi connectivity index (χ3n) is 5.86. The van der Waals surface area contributed by atoms with Gasteiger partial charge < -0.3 is 5.73 Å². The van der Waals surface area contributed by atoms with E-state index >= 15 is 0 Å². The van der Waals surface area contributed by atoms with Crippen LogP contribution in [0, 0.1) is 5.92 Å². The van der Waals surface area contributed by atoms with Crippen LogP contribution >= 0.6 is 0 Å². The first kappa shape index (κ1) is 20.7. The molecule has 31 heavy (non-hydrogen) atoms. The standard InChI is InChI=1S/C25H24FN3O2/c26-16-22-21(13-17-11-12-28-23(27)14-17)25(31)29(22)24(30)15-20(18-7-3-1-4-8-18)19-9-5-2-6-10-19/h1-12,14,20-22H,13,15-16H2,(H2,27,28)/t21-,22-/m1/s1. The fourth-order valence-electron chi connectivity index (χ4n) is 4.26. The summed E-state index contributed by atoms with van der Waals surface area (Å²) in [5, 5.41) is 0. The van der Waals surface area contributed by atoms with Crippen LogP contribution in [-0.2, 0) is 16.0 Å². The first-order chi connectivity index (χ1) is 15.1. The lowest BCUT2D eigenvalue weighted by Crippen LogP contribution is -2.64. The molecule has 1 saturated heterocycles. The number of nitrogen functional groups attached to an aromatic ring is 1. The monoisotopic (exact) mass is 417 g/mol. The van der Waals surface area contributed by atoms with Crippen molar-refractivity contribution in [2.24, 2.45) is 5.92 Å². The van der Waals surface area contributed by atoms with Gasteiger partial charge in [0.1, 0.15) is 12.5 Å². The summed E-state index contributed by atoms with van der Waals surface area (Å²) >= 11 is 0. The van der Waals surface area contributed by atoms with Gasteiger partial charge in [-0.15, -0.1) is 0 Å². The van der Waals surface area contributed by atoms with Gasteiger partial charge >= 0.3 is 0 Å². The number of β-lactam (4-membered cyclic amide) rings is 1. The molecule has 2 atom stereocenters. The minimum Gasteiger partial charge on any atom is -0.384 e. The molecule has 1 aromatic heterocycles. The molecule has 0 radical (unpaired) electrons. The fraction of sp³-hybridized carbons (Fsp3) is 0.240. The van der Waals surface area contributed by atoms with Gasteiger partial charge in [0.05, 0.1) is 12.0 Å². The zero-order valence-corrected chi connectivity index (χ0v) is 17.0. The van der Waals surface area contributed by atoms with Crippen LogP contribution in [0.5, 0.6) is 0 Å². The lowest BCUT2D eigenvalue weighted by molar-refractivity contribution is -0.167. The van der Waals surface area contributed by atoms with E-state index in [4.69, 9.17) is 5.73 Å². The molecule has 2 N–H and O–H groups in total. The third-order valence-corrected chi connectivity index (χ3v) is 5.86. The summed E-state index contributed by atoms with van der Waals surface area (Å²) in [4.78, 5) is 31.0. The Morgan fingerprint density at radius 3 is 2.19 bits per heavy atom. The highest BCUT2D eigenvalue weighted by Gasteiger charge is 2.50. The predicted octanol–water partition coefficient (Wildman–Crippen LogP) is 3.75. The number of anilines is 1. The van der Waals surface area contributed by atoms with Crippen LogP contribution in [0.3, 0.4) is 0 Å². The molecule has 0 aliphatic carbocycles. The largest absolute Gasteiger partial charge is 0.384 e. The molecule has 5 nitrogen and oxygen atoms in total. The summed E-state index contributed by atoms with van der Waals surface area (Å²) in [6.45, 7) is -0.760. The summed E-state index contributed by atoms with van der Waals surface area (Å²) < 4.78 is 13.9. The number of imide groups is 1. The van der Waals surface area contributed by atoms with Gasteiger partial charge in [0.15, 0.2) is 0 Å². The number of carbonyl (C=O) groups excluding carboxylic acids is 2. The summed E-state index contributed by atoms with van der Waals surface area (Å²) in [7, 11) is 0. The molecule has 2 aromatic carbocycles. The number of carbonyl (C=O) groups is 2. The number of halogens is 1. The number of aromatic nitrogens is 1. The molecule has 0 saturated carbocycles. The maximum absolute atomic E-state index is 13.9. The van der Waals surface area contributed by atoms with E-state index in [9.17, 15) is 14.0 Å². The van der Waals surface area contributed by atoms with Crippen LogP contribution in [0.2, 0.25) is 0 Å². The van der Waals surface area contributed by atoms with E-state index in [0.717, 1.165) is 21.6 Å². The Balaban J connectivity index is 1.52. The van der Waals surface area contributed by atoms with Crippen LogP contribution in [0.15, 0.2) is 79.0 Å². The quantitative estimate of drug-likeness (QED) is 0.594. The maximum atomic E-state index is 13.9. The highest BCUT2D eigenvalue weighted by molar-refractivity contribution is 6.02. The van der Waals surface area contributed by atoms with Gasteiger partial charge in [0, 0.05) is 18.5 Å². The average molecular weight is 417 g/mol. The van der Waals surface area contributed by atoms with Crippen molar-refractivity contribution in [1.82, 2.24) is 9.88 Å². The van der Waals surface area contributed by atoms with Gasteiger partial charge in [-0.25, -0.2) is 9.37 Å². The van der Waals surface area contributed by atoms with Gasteiger partial charge in [-0.2, -0.15) is 0 Å². The minimum absolute atomic E-state index is 0.102. The van der Waals surface area contributed by atoms with Crippen LogP contribution in [0.25, 0.3) is 0 Å². The first-order valence-electron chi connectivity index (χ1n) is 10.3. The predicted molar refractivity (Wildman–Crippen MR) is 117 cm³/mol. The lowest BCUT2D eigenvalue weighted by atomic mass is 9.81. The fourth-order valence-corrected chi connectivity index (χ4v) is 4.26. The molecule has 3 aromatic rings. The van der Waals surface area contributed by atoms with E-state index in [1.54, 1.807) is 18.3 Å². The second-order valence-corrected chi connectivity index (χ2v) is 7.80. The summed E-state index contributed by atoms with van der Waals surface area (Å²) in [5.74, 6) is -1.11. The number of benzene rings is 2. The molecule has 4 rings (SSSR count). The number of pyridine rings is 1. The van der Waals surface area contributed by atoms with Crippen molar-refractivity contribution in [2.75, 3.05) is 12.4 Å². The molecule has 0 bridgehead atoms. The lowest BCUT2D eigenvalue weighted by Gasteiger charge is -2.45. The van der Waals surface area contributed by atoms with Crippen molar-refractivity contribution in [3.05, 3.63) is 95.7 Å². The van der Waals surface area contributed by atoms with Crippen LogP contribution < -0.4 is 5.73 Å². The van der Waals surface area contributed by atoms with Crippen molar-refractivity contribution in [2.45, 2.75) is 24.8 Å². The summed E-state index contributed by atoms with van der Waals surface area (Å²) in [6.07, 6.45) is 2.00. The number of amides is 2. The smallest absolute Gasteiger partial charge is 0.235 e. The Kier molecular flexibility index (Phi) is 6.07. The first-order valence-corrected chi connectivity index (χ1v) is 10.3. The maximum Gasteiger partial charge on any atom is 0.235 e. The zero-order valence-electron chi connectivity index (χ0n) is 17.0. The van der Waals surface area contributed by atoms with Crippen LogP contribution in [0.4, 0.5) is 10.2 Å². The van der Waals surface area contributed by atoms with Crippen LogP contribution in [-0.4, -0.2) is 34.4 Å². The normalized spacial score (nSPS) is 18.1. The molecule has 1 aliphatic heterocycles. The van der Waals surface area contributed by atoms with Gasteiger partial charge in [0.2, 0.25) is 11.8 Å². The van der Waals surface area contributed by atoms with E-state index in [-0.39, 0.29) is 24.2 Å². The van der Waals surface area contributed by atoms with Crippen molar-refractivity contribution < 1.29 is 14.0 Å². The number of nitrogens with zero attached hydrogens (tertiary/aromatic N) is 2. The Hall–Kier alpha value is -3.54. The summed E-state index contributed by atoms with van der Waals surface area (Å²) in [5.41, 5.74) is 8.47. The van der Waals surface area contributed by atoms with E-state index in [1.807, 2.05) is 60.7 Å². The van der Waals surface area contributed by atoms with E-state index in [1.165, 1.54) is 0 Å². The molecule has 2 amide bonds. The molecule has 0 spiro atoms. The van der Waals surface area contributed by atoms with Gasteiger partial charge in [-0.1, -0.05) is 60.7 Å². The van der Waals surface area contributed by atoms with E-state index < -0.39 is 18.6 Å². The summed E-state index contributed by atoms with van der Waals surface area (Å²) in [6, 6.07) is 22.1. The average Bonchev–Trinajstić information content (AvgIpc) is 2.80. The zero-order chi connectivity index (χ0) is 21.8. The Bertz CT molecular complexity index is 1020. The Labute approximate surface area is 180 Å². The van der Waals surface area contributed by atoms with Gasteiger partial charge in [-0.3, -0.25) is 14.5 Å². The molecule has 2 heterocycles. The number of nitrogens with two attached hydrogens (primary N) is 1. The van der Waals surface area contributed by atoms with Crippen molar-refractivity contribution in [1.29, 1.82) is 0 Å². The second-order valence-electron chi connectivity index (χ2n) is 7.80. The number of likely N-dealkylation sites (tertiary alicyclic amines) is 1. The molecule has 6 heteroatoms. The second kappa shape index (κ2) is 9.08. The third kappa shape index (κ3) is 4.33. The van der Waals surface area contributed by atoms with Crippen LogP contribution in [0.1, 0.15) is 29.0 Å². The topological polar surface area (TPSA) is 76.3 Å². The van der Waals surface area contributed by atoms with Gasteiger partial charge in [-0.05, 0) is 35.2 Å². The molecule has 1 aliphatic rings. The molecule has 1 fully saturated rings. The SMILES string of the molecule is Nc1cc(C[C@H]2C(=O)N(C(=O)CC(c3ccccc3)c3ccccc3)[C@@H]2CF)ccn1. The van der Waals surface area contributed by atoms with Crippen molar-refractivity contribution >= 4 is 17.6 Å². The molecule has 158 valence electrons. The highest BCUT2D eigenvalue weighted by Crippen LogP contribution is 2.35. The minimum atomic E-state index is -0.760. The van der Waals surface area contributed by atoms with Crippen molar-refractivity contribution in [3.63, 3.8) is 0 Å². The van der Waals surface area contributed by atoms with E-state index in [2.05, 4.69) is 4.98 Å². The van der Waals surface area contributed by atoms with Gasteiger partial charge in [0.25, 0.3) is 0 Å². The van der Waals surface area contributed by atoms with Crippen molar-refractivity contribution in [3.8, 4) is 0 Å². The van der Waals surface area contributed by atoms with E-state index in [0.29, 0.717) is 12.2 Å². The Morgan fingerprint density at radius 1 is 1.03 bits per heavy atom. The number of hydrogen-bond acceptors (Lipinski definition) is 4. The number of alkyl halides is 1. The number of rotatable bonds is 7. The molecule has 0 unspecified atom stereocenters. The Morgan fingerprint density at radius 2 is 1.65 bits per heavy atom. The number of hydrogen-bond donors (Lipinski definition) is 1. The molecular weight excluding hydrogens is 393 g/mol. The molecular formula is C25H24FN3O2.